The lowest BCUT2D eigenvalue weighted by molar-refractivity contribution is -0.130. The molecule has 0 radical (unpaired) electrons. The highest BCUT2D eigenvalue weighted by molar-refractivity contribution is 5.74. The van der Waals surface area contributed by atoms with Crippen molar-refractivity contribution < 1.29 is 4.79 Å². The molecule has 0 unspecified atom stereocenters. The molecule has 0 bridgehead atoms. The van der Waals surface area contributed by atoms with E-state index in [2.05, 4.69) is 31.2 Å². The topological polar surface area (TPSA) is 20.3 Å². The van der Waals surface area contributed by atoms with Crippen molar-refractivity contribution in [1.82, 2.24) is 4.90 Å². The van der Waals surface area contributed by atoms with E-state index in [1.165, 1.54) is 0 Å². The molecule has 0 spiro atoms. The average molecular weight is 193 g/mol. The summed E-state index contributed by atoms with van der Waals surface area (Å²) in [6.45, 7) is 3.76. The van der Waals surface area contributed by atoms with Gasteiger partial charge in [-0.25, -0.2) is 0 Å². The maximum absolute atomic E-state index is 11.4. The number of carbonyl (C=O) groups excluding carboxylic acids is 1. The smallest absolute Gasteiger partial charge is 0.220 e. The maximum atomic E-state index is 11.4. The van der Waals surface area contributed by atoms with Crippen molar-refractivity contribution in [2.24, 2.45) is 0 Å². The molecule has 0 fully saturated rings. The molecule has 1 rings (SSSR count). The van der Waals surface area contributed by atoms with Crippen molar-refractivity contribution in [3.05, 3.63) is 24.3 Å². The zero-order valence-electron chi connectivity index (χ0n) is 9.29. The average Bonchev–Trinajstić information content (AvgIpc) is 2.18. The van der Waals surface area contributed by atoms with Gasteiger partial charge in [0, 0.05) is 14.0 Å². The Morgan fingerprint density at radius 3 is 2.43 bits per heavy atom. The van der Waals surface area contributed by atoms with Crippen LogP contribution in [0, 0.1) is 0 Å². The third-order valence-corrected chi connectivity index (χ3v) is 2.83. The predicted octanol–water partition coefficient (Wildman–Crippen LogP) is 2.52. The van der Waals surface area contributed by atoms with E-state index in [1.807, 2.05) is 11.9 Å². The van der Waals surface area contributed by atoms with Crippen molar-refractivity contribution in [2.45, 2.75) is 38.6 Å². The van der Waals surface area contributed by atoms with E-state index in [-0.39, 0.29) is 11.4 Å². The number of amides is 1. The molecule has 0 saturated heterocycles. The van der Waals surface area contributed by atoms with Crippen LogP contribution in [0.4, 0.5) is 0 Å². The predicted molar refractivity (Wildman–Crippen MR) is 59.0 cm³/mol. The first-order valence-corrected chi connectivity index (χ1v) is 5.22. The van der Waals surface area contributed by atoms with Crippen LogP contribution in [0.5, 0.6) is 0 Å². The van der Waals surface area contributed by atoms with Crippen molar-refractivity contribution in [2.75, 3.05) is 7.05 Å². The van der Waals surface area contributed by atoms with Crippen LogP contribution >= 0.6 is 0 Å². The third kappa shape index (κ3) is 2.06. The van der Waals surface area contributed by atoms with Crippen molar-refractivity contribution in [3.8, 4) is 0 Å². The fraction of sp³-hybridized carbons (Fsp3) is 0.583. The number of hydrogen-bond donors (Lipinski definition) is 0. The van der Waals surface area contributed by atoms with Gasteiger partial charge in [0.15, 0.2) is 0 Å². The molecule has 0 N–H and O–H groups in total. The van der Waals surface area contributed by atoms with Crippen molar-refractivity contribution >= 4 is 5.91 Å². The number of carbonyl (C=O) groups is 1. The third-order valence-electron chi connectivity index (χ3n) is 2.83. The summed E-state index contributed by atoms with van der Waals surface area (Å²) in [5, 5.41) is 0. The zero-order valence-corrected chi connectivity index (χ0v) is 9.29. The molecule has 2 nitrogen and oxygen atoms in total. The van der Waals surface area contributed by atoms with E-state index < -0.39 is 0 Å². The van der Waals surface area contributed by atoms with Crippen molar-refractivity contribution in [1.29, 1.82) is 0 Å². The Kier molecular flexibility index (Phi) is 3.50. The standard InChI is InChI=1S/C12H19NO/c1-4-8-12(13(3)11(2)14)9-6-5-7-10-12/h6-7,9-10H,4-5,8H2,1-3H3. The molecule has 0 aromatic carbocycles. The molecular formula is C12H19NO. The molecule has 1 aliphatic carbocycles. The molecule has 2 heteroatoms. The Labute approximate surface area is 86.3 Å². The van der Waals surface area contributed by atoms with E-state index in [0.29, 0.717) is 0 Å². The Balaban J connectivity index is 2.91. The highest BCUT2D eigenvalue weighted by Gasteiger charge is 2.30. The Hall–Kier alpha value is -1.05. The van der Waals surface area contributed by atoms with Crippen LogP contribution in [0.1, 0.15) is 33.1 Å². The van der Waals surface area contributed by atoms with Crippen LogP contribution in [0.2, 0.25) is 0 Å². The molecule has 78 valence electrons. The van der Waals surface area contributed by atoms with Gasteiger partial charge in [-0.2, -0.15) is 0 Å². The van der Waals surface area contributed by atoms with Crippen LogP contribution < -0.4 is 0 Å². The summed E-state index contributed by atoms with van der Waals surface area (Å²) in [7, 11) is 1.87. The maximum Gasteiger partial charge on any atom is 0.220 e. The molecule has 1 aliphatic rings. The summed E-state index contributed by atoms with van der Waals surface area (Å²) in [5.74, 6) is 0.120. The molecule has 0 atom stereocenters. The van der Waals surface area contributed by atoms with Crippen LogP contribution in [-0.2, 0) is 4.79 Å². The number of allylic oxidation sites excluding steroid dienone is 2. The Bertz CT molecular complexity index is 253. The van der Waals surface area contributed by atoms with Gasteiger partial charge >= 0.3 is 0 Å². The van der Waals surface area contributed by atoms with Gasteiger partial charge in [-0.15, -0.1) is 0 Å². The van der Waals surface area contributed by atoms with E-state index in [9.17, 15) is 4.79 Å². The summed E-state index contributed by atoms with van der Waals surface area (Å²) in [6, 6.07) is 0. The second kappa shape index (κ2) is 4.45. The molecule has 0 saturated carbocycles. The largest absolute Gasteiger partial charge is 0.333 e. The summed E-state index contributed by atoms with van der Waals surface area (Å²) >= 11 is 0. The Morgan fingerprint density at radius 2 is 2.00 bits per heavy atom. The van der Waals surface area contributed by atoms with E-state index >= 15 is 0 Å². The molecule has 0 aliphatic heterocycles. The van der Waals surface area contributed by atoms with Gasteiger partial charge in [0.25, 0.3) is 0 Å². The van der Waals surface area contributed by atoms with Gasteiger partial charge in [-0.1, -0.05) is 37.6 Å². The minimum absolute atomic E-state index is 0.120. The fourth-order valence-electron chi connectivity index (χ4n) is 1.93. The molecule has 0 aromatic heterocycles. The van der Waals surface area contributed by atoms with Crippen LogP contribution in [-0.4, -0.2) is 23.4 Å². The van der Waals surface area contributed by atoms with E-state index in [4.69, 9.17) is 0 Å². The fourth-order valence-corrected chi connectivity index (χ4v) is 1.93. The molecule has 14 heavy (non-hydrogen) atoms. The highest BCUT2D eigenvalue weighted by atomic mass is 16.2. The molecule has 0 aromatic rings. The number of rotatable bonds is 3. The van der Waals surface area contributed by atoms with E-state index in [1.54, 1.807) is 6.92 Å². The van der Waals surface area contributed by atoms with Crippen LogP contribution in [0.25, 0.3) is 0 Å². The van der Waals surface area contributed by atoms with Gasteiger partial charge in [0.1, 0.15) is 0 Å². The highest BCUT2D eigenvalue weighted by Crippen LogP contribution is 2.27. The normalized spacial score (nSPS) is 18.2. The van der Waals surface area contributed by atoms with Gasteiger partial charge in [-0.05, 0) is 12.8 Å². The van der Waals surface area contributed by atoms with Crippen LogP contribution in [0.3, 0.4) is 0 Å². The summed E-state index contributed by atoms with van der Waals surface area (Å²) in [4.78, 5) is 13.2. The quantitative estimate of drug-likeness (QED) is 0.631. The minimum Gasteiger partial charge on any atom is -0.333 e. The zero-order chi connectivity index (χ0) is 10.6. The molecule has 1 amide bonds. The monoisotopic (exact) mass is 193 g/mol. The van der Waals surface area contributed by atoms with Crippen molar-refractivity contribution in [3.63, 3.8) is 0 Å². The summed E-state index contributed by atoms with van der Waals surface area (Å²) in [5.41, 5.74) is -0.168. The summed E-state index contributed by atoms with van der Waals surface area (Å²) < 4.78 is 0. The minimum atomic E-state index is -0.168. The molecular weight excluding hydrogens is 174 g/mol. The lowest BCUT2D eigenvalue weighted by Crippen LogP contribution is -2.46. The van der Waals surface area contributed by atoms with Gasteiger partial charge in [-0.3, -0.25) is 4.79 Å². The Morgan fingerprint density at radius 1 is 1.43 bits per heavy atom. The van der Waals surface area contributed by atoms with E-state index in [0.717, 1.165) is 19.3 Å². The first-order chi connectivity index (χ1) is 6.62. The number of nitrogens with zero attached hydrogens (tertiary/aromatic N) is 1. The lowest BCUT2D eigenvalue weighted by Gasteiger charge is -2.38. The van der Waals surface area contributed by atoms with Gasteiger partial charge in [0.05, 0.1) is 5.54 Å². The lowest BCUT2D eigenvalue weighted by atomic mass is 9.87. The first-order valence-electron chi connectivity index (χ1n) is 5.22. The van der Waals surface area contributed by atoms with Gasteiger partial charge < -0.3 is 4.90 Å². The second-order valence-electron chi connectivity index (χ2n) is 3.86. The molecule has 0 heterocycles. The number of likely N-dealkylation sites (N-methyl/N-ethyl adjacent to an activating group) is 1. The SMILES string of the molecule is CCCC1(N(C)C(C)=O)C=CCC=C1. The number of hydrogen-bond acceptors (Lipinski definition) is 1. The summed E-state index contributed by atoms with van der Waals surface area (Å²) in [6.07, 6.45) is 11.6. The van der Waals surface area contributed by atoms with Gasteiger partial charge in [0.2, 0.25) is 5.91 Å². The first kappa shape index (κ1) is 11.0. The van der Waals surface area contributed by atoms with Crippen LogP contribution in [0.15, 0.2) is 24.3 Å². The second-order valence-corrected chi connectivity index (χ2v) is 3.86.